The fourth-order valence-corrected chi connectivity index (χ4v) is 3.65. The number of aliphatic hydroxyl groups excluding tert-OH is 1. The highest BCUT2D eigenvalue weighted by Crippen LogP contribution is 2.26. The molecule has 1 aromatic carbocycles. The van der Waals surface area contributed by atoms with Crippen LogP contribution in [0.5, 0.6) is 0 Å². The Morgan fingerprint density at radius 3 is 2.88 bits per heavy atom. The number of nitrogens with one attached hydrogen (secondary N) is 1. The monoisotopic (exact) mass is 352 g/mol. The Morgan fingerprint density at radius 1 is 1.23 bits per heavy atom. The summed E-state index contributed by atoms with van der Waals surface area (Å²) in [5, 5.41) is 15.4. The van der Waals surface area contributed by atoms with Crippen molar-refractivity contribution in [1.82, 2.24) is 15.3 Å². The number of likely N-dealkylation sites (tertiary alicyclic amines) is 1. The predicted octanol–water partition coefficient (Wildman–Crippen LogP) is 0.863. The Bertz CT molecular complexity index is 890. The molecule has 2 N–H and O–H groups in total. The SMILES string of the molecule is O=C1CCC(C(=O)N2C[C@@H](Cc3ccnc4ccccc34)[C@@H](O)C2)=NN1. The third kappa shape index (κ3) is 3.17. The summed E-state index contributed by atoms with van der Waals surface area (Å²) in [7, 11) is 0. The first-order valence-corrected chi connectivity index (χ1v) is 8.77. The van der Waals surface area contributed by atoms with E-state index in [0.717, 1.165) is 16.5 Å². The van der Waals surface area contributed by atoms with Gasteiger partial charge in [0.15, 0.2) is 0 Å². The lowest BCUT2D eigenvalue weighted by Gasteiger charge is -2.19. The number of pyridine rings is 1. The molecule has 2 amide bonds. The van der Waals surface area contributed by atoms with Crippen LogP contribution in [0.3, 0.4) is 0 Å². The maximum atomic E-state index is 12.6. The summed E-state index contributed by atoms with van der Waals surface area (Å²) in [4.78, 5) is 29.8. The van der Waals surface area contributed by atoms with Crippen molar-refractivity contribution in [2.24, 2.45) is 11.0 Å². The Hall–Kier alpha value is -2.80. The standard InChI is InChI=1S/C19H20N4O3/c24-17-11-23(19(26)16-5-6-18(25)22-21-16)10-13(17)9-12-7-8-20-15-4-2-1-3-14(12)15/h1-4,7-8,13,17,24H,5-6,9-11H2,(H,22,25)/t13-,17+/m1/s1. The van der Waals surface area contributed by atoms with Gasteiger partial charge >= 0.3 is 0 Å². The fraction of sp³-hybridized carbons (Fsp3) is 0.368. The number of amides is 2. The highest BCUT2D eigenvalue weighted by molar-refractivity contribution is 6.39. The van der Waals surface area contributed by atoms with E-state index in [0.29, 0.717) is 31.6 Å². The van der Waals surface area contributed by atoms with Gasteiger partial charge < -0.3 is 10.0 Å². The van der Waals surface area contributed by atoms with Gasteiger partial charge in [0.2, 0.25) is 5.91 Å². The third-order valence-corrected chi connectivity index (χ3v) is 5.07. The molecular formula is C19H20N4O3. The van der Waals surface area contributed by atoms with Gasteiger partial charge in [0, 0.05) is 43.4 Å². The number of para-hydroxylation sites is 1. The molecule has 0 aliphatic carbocycles. The second-order valence-electron chi connectivity index (χ2n) is 6.82. The van der Waals surface area contributed by atoms with E-state index in [9.17, 15) is 14.7 Å². The molecule has 7 nitrogen and oxygen atoms in total. The Labute approximate surface area is 150 Å². The summed E-state index contributed by atoms with van der Waals surface area (Å²) in [5.41, 5.74) is 4.75. The number of aliphatic hydroxyl groups is 1. The molecule has 0 spiro atoms. The van der Waals surface area contributed by atoms with Gasteiger partial charge in [-0.25, -0.2) is 5.43 Å². The van der Waals surface area contributed by atoms with Crippen LogP contribution in [-0.2, 0) is 16.0 Å². The number of carbonyl (C=O) groups excluding carboxylic acids is 2. The maximum absolute atomic E-state index is 12.6. The van der Waals surface area contributed by atoms with Crippen LogP contribution < -0.4 is 5.43 Å². The van der Waals surface area contributed by atoms with Gasteiger partial charge in [-0.05, 0) is 24.1 Å². The molecule has 2 atom stereocenters. The van der Waals surface area contributed by atoms with Gasteiger partial charge in [-0.15, -0.1) is 0 Å². The van der Waals surface area contributed by atoms with Crippen molar-refractivity contribution in [3.63, 3.8) is 0 Å². The number of hydrogen-bond acceptors (Lipinski definition) is 5. The third-order valence-electron chi connectivity index (χ3n) is 5.07. The Morgan fingerprint density at radius 2 is 2.08 bits per heavy atom. The van der Waals surface area contributed by atoms with Gasteiger partial charge in [0.25, 0.3) is 5.91 Å². The number of hydrazone groups is 1. The van der Waals surface area contributed by atoms with Crippen molar-refractivity contribution < 1.29 is 14.7 Å². The molecule has 7 heteroatoms. The van der Waals surface area contributed by atoms with E-state index in [-0.39, 0.29) is 24.2 Å². The zero-order valence-corrected chi connectivity index (χ0v) is 14.3. The highest BCUT2D eigenvalue weighted by Gasteiger charge is 2.36. The number of carbonyl (C=O) groups is 2. The number of aromatic nitrogens is 1. The van der Waals surface area contributed by atoms with E-state index in [1.54, 1.807) is 11.1 Å². The molecular weight excluding hydrogens is 332 g/mol. The quantitative estimate of drug-likeness (QED) is 0.857. The topological polar surface area (TPSA) is 94.9 Å². The van der Waals surface area contributed by atoms with Crippen molar-refractivity contribution in [2.75, 3.05) is 13.1 Å². The molecule has 0 bridgehead atoms. The van der Waals surface area contributed by atoms with E-state index in [2.05, 4.69) is 15.5 Å². The normalized spacial score (nSPS) is 23.0. The van der Waals surface area contributed by atoms with Crippen molar-refractivity contribution >= 4 is 28.4 Å². The fourth-order valence-electron chi connectivity index (χ4n) is 3.65. The van der Waals surface area contributed by atoms with Crippen LogP contribution in [0.15, 0.2) is 41.6 Å². The van der Waals surface area contributed by atoms with Crippen molar-refractivity contribution in [1.29, 1.82) is 0 Å². The summed E-state index contributed by atoms with van der Waals surface area (Å²) in [6, 6.07) is 9.90. The summed E-state index contributed by atoms with van der Waals surface area (Å²) < 4.78 is 0. The lowest BCUT2D eigenvalue weighted by Crippen LogP contribution is -2.39. The largest absolute Gasteiger partial charge is 0.391 e. The van der Waals surface area contributed by atoms with Crippen LogP contribution >= 0.6 is 0 Å². The molecule has 1 fully saturated rings. The molecule has 0 saturated carbocycles. The van der Waals surface area contributed by atoms with Crippen molar-refractivity contribution in [2.45, 2.75) is 25.4 Å². The number of nitrogens with zero attached hydrogens (tertiary/aromatic N) is 3. The minimum atomic E-state index is -0.579. The molecule has 2 aliphatic heterocycles. The number of rotatable bonds is 3. The summed E-state index contributed by atoms with van der Waals surface area (Å²) >= 11 is 0. The summed E-state index contributed by atoms with van der Waals surface area (Å²) in [6.45, 7) is 0.767. The van der Waals surface area contributed by atoms with E-state index in [1.807, 2.05) is 30.3 Å². The first-order valence-electron chi connectivity index (χ1n) is 8.77. The van der Waals surface area contributed by atoms with Crippen molar-refractivity contribution in [3.05, 3.63) is 42.1 Å². The number of fused-ring (bicyclic) bond motifs is 1. The van der Waals surface area contributed by atoms with Crippen LogP contribution in [0.2, 0.25) is 0 Å². The summed E-state index contributed by atoms with van der Waals surface area (Å²) in [6.07, 6.45) is 2.49. The minimum absolute atomic E-state index is 0.0384. The van der Waals surface area contributed by atoms with Crippen LogP contribution in [0.1, 0.15) is 18.4 Å². The number of hydrogen-bond donors (Lipinski definition) is 2. The molecule has 4 rings (SSSR count). The predicted molar refractivity (Wildman–Crippen MR) is 96.3 cm³/mol. The van der Waals surface area contributed by atoms with Crippen molar-refractivity contribution in [3.8, 4) is 0 Å². The number of benzene rings is 1. The zero-order chi connectivity index (χ0) is 18.1. The smallest absolute Gasteiger partial charge is 0.270 e. The zero-order valence-electron chi connectivity index (χ0n) is 14.3. The van der Waals surface area contributed by atoms with Crippen LogP contribution in [0.25, 0.3) is 10.9 Å². The lowest BCUT2D eigenvalue weighted by molar-refractivity contribution is -0.124. The van der Waals surface area contributed by atoms with Gasteiger partial charge in [0.1, 0.15) is 5.71 Å². The summed E-state index contributed by atoms with van der Waals surface area (Å²) in [5.74, 6) is -0.417. The molecule has 26 heavy (non-hydrogen) atoms. The Kier molecular flexibility index (Phi) is 4.38. The maximum Gasteiger partial charge on any atom is 0.270 e. The molecule has 134 valence electrons. The molecule has 0 radical (unpaired) electrons. The van der Waals surface area contributed by atoms with E-state index in [1.165, 1.54) is 0 Å². The first kappa shape index (κ1) is 16.7. The van der Waals surface area contributed by atoms with Crippen LogP contribution in [0.4, 0.5) is 0 Å². The molecule has 0 unspecified atom stereocenters. The van der Waals surface area contributed by atoms with Gasteiger partial charge in [0.05, 0.1) is 11.6 Å². The molecule has 1 aromatic heterocycles. The molecule has 2 aliphatic rings. The van der Waals surface area contributed by atoms with Crippen LogP contribution in [0, 0.1) is 5.92 Å². The second-order valence-corrected chi connectivity index (χ2v) is 6.82. The average Bonchev–Trinajstić information content (AvgIpc) is 3.03. The minimum Gasteiger partial charge on any atom is -0.391 e. The average molecular weight is 352 g/mol. The van der Waals surface area contributed by atoms with Gasteiger partial charge in [-0.3, -0.25) is 14.6 Å². The van der Waals surface area contributed by atoms with E-state index < -0.39 is 6.10 Å². The molecule has 2 aromatic rings. The molecule has 3 heterocycles. The van der Waals surface area contributed by atoms with Gasteiger partial charge in [-0.2, -0.15) is 5.10 Å². The molecule has 1 saturated heterocycles. The van der Waals surface area contributed by atoms with E-state index in [4.69, 9.17) is 0 Å². The first-order chi connectivity index (χ1) is 12.6. The number of β-amino-alcohol motifs (C(OH)–C–C–N with tert-alkyl or cyclic N) is 1. The highest BCUT2D eigenvalue weighted by atomic mass is 16.3. The Balaban J connectivity index is 1.49. The lowest BCUT2D eigenvalue weighted by atomic mass is 9.94. The van der Waals surface area contributed by atoms with Gasteiger partial charge in [-0.1, -0.05) is 18.2 Å². The second kappa shape index (κ2) is 6.84. The van der Waals surface area contributed by atoms with E-state index >= 15 is 0 Å². The van der Waals surface area contributed by atoms with Crippen LogP contribution in [-0.4, -0.2) is 51.7 Å².